The lowest BCUT2D eigenvalue weighted by atomic mass is 9.75. The van der Waals surface area contributed by atoms with Gasteiger partial charge < -0.3 is 5.32 Å². The molecule has 1 saturated heterocycles. The maximum atomic E-state index is 3.95. The van der Waals surface area contributed by atoms with Gasteiger partial charge in [-0.05, 0) is 66.8 Å². The fraction of sp³-hybridized carbons (Fsp3) is 0.400. The number of hydrogen-bond acceptors (Lipinski definition) is 1. The molecule has 0 spiro atoms. The smallest absolute Gasteiger partial charge is 0.0178 e. The van der Waals surface area contributed by atoms with Crippen LogP contribution < -0.4 is 5.32 Å². The standard InChI is InChI=1S/C20H22BrN/c21-18-7-3-4-14(10-18)11-20-17-8-9-19(22-20)13-16-6-2-1-5-15(16)12-17/h1-7,10,17,19-20,22H,8-9,11-13H2/t17-,19+,20+/m0/s1. The molecule has 2 heterocycles. The summed E-state index contributed by atoms with van der Waals surface area (Å²) >= 11 is 3.60. The van der Waals surface area contributed by atoms with Crippen LogP contribution in [-0.2, 0) is 19.3 Å². The number of piperidine rings is 1. The summed E-state index contributed by atoms with van der Waals surface area (Å²) in [5.41, 5.74) is 4.58. The van der Waals surface area contributed by atoms with Crippen LogP contribution in [0.5, 0.6) is 0 Å². The van der Waals surface area contributed by atoms with Crippen LogP contribution >= 0.6 is 15.9 Å². The Kier molecular flexibility index (Phi) is 4.06. The largest absolute Gasteiger partial charge is 0.310 e. The molecule has 114 valence electrons. The van der Waals surface area contributed by atoms with Crippen LogP contribution in [0.25, 0.3) is 0 Å². The van der Waals surface area contributed by atoms with Gasteiger partial charge in [-0.15, -0.1) is 0 Å². The Balaban J connectivity index is 1.58. The molecule has 1 aliphatic carbocycles. The minimum atomic E-state index is 0.612. The molecule has 2 aliphatic heterocycles. The van der Waals surface area contributed by atoms with Gasteiger partial charge >= 0.3 is 0 Å². The van der Waals surface area contributed by atoms with E-state index in [1.165, 1.54) is 35.7 Å². The second-order valence-corrected chi connectivity index (χ2v) is 7.73. The third-order valence-corrected chi connectivity index (χ3v) is 5.81. The van der Waals surface area contributed by atoms with Crippen molar-refractivity contribution in [1.29, 1.82) is 0 Å². The molecule has 2 heteroatoms. The van der Waals surface area contributed by atoms with Crippen molar-refractivity contribution < 1.29 is 0 Å². The fourth-order valence-electron chi connectivity index (χ4n) is 4.19. The SMILES string of the molecule is Brc1cccc(C[C@H]2N[C@@H]3CC[C@H]2Cc2ccccc2C3)c1. The van der Waals surface area contributed by atoms with Gasteiger partial charge in [0.05, 0.1) is 0 Å². The predicted molar refractivity (Wildman–Crippen MR) is 95.1 cm³/mol. The molecule has 2 aromatic carbocycles. The lowest BCUT2D eigenvalue weighted by Crippen LogP contribution is -2.51. The predicted octanol–water partition coefficient (Wildman–Crippen LogP) is 4.53. The Morgan fingerprint density at radius 1 is 0.955 bits per heavy atom. The van der Waals surface area contributed by atoms with Crippen molar-refractivity contribution in [3.8, 4) is 0 Å². The first-order chi connectivity index (χ1) is 10.8. The van der Waals surface area contributed by atoms with E-state index in [1.54, 1.807) is 11.1 Å². The minimum absolute atomic E-state index is 0.612. The molecular weight excluding hydrogens is 334 g/mol. The second kappa shape index (κ2) is 6.17. The Bertz CT molecular complexity index is 666. The Morgan fingerprint density at radius 2 is 1.77 bits per heavy atom. The number of hydrogen-bond donors (Lipinski definition) is 1. The van der Waals surface area contributed by atoms with E-state index in [0.29, 0.717) is 12.1 Å². The van der Waals surface area contributed by atoms with E-state index in [-0.39, 0.29) is 0 Å². The van der Waals surface area contributed by atoms with Gasteiger partial charge in [-0.25, -0.2) is 0 Å². The van der Waals surface area contributed by atoms with Crippen molar-refractivity contribution in [2.45, 2.75) is 44.2 Å². The zero-order valence-corrected chi connectivity index (χ0v) is 14.4. The molecule has 1 N–H and O–H groups in total. The lowest BCUT2D eigenvalue weighted by molar-refractivity contribution is 0.217. The average molecular weight is 356 g/mol. The lowest BCUT2D eigenvalue weighted by Gasteiger charge is -2.41. The number of fused-ring (bicyclic) bond motifs is 2. The van der Waals surface area contributed by atoms with Crippen LogP contribution in [0, 0.1) is 5.92 Å². The summed E-state index contributed by atoms with van der Waals surface area (Å²) in [5, 5.41) is 3.95. The first kappa shape index (κ1) is 14.5. The minimum Gasteiger partial charge on any atom is -0.310 e. The highest BCUT2D eigenvalue weighted by Gasteiger charge is 2.32. The van der Waals surface area contributed by atoms with E-state index in [1.807, 2.05) is 0 Å². The Hall–Kier alpha value is -1.12. The summed E-state index contributed by atoms with van der Waals surface area (Å²) in [4.78, 5) is 0. The molecule has 22 heavy (non-hydrogen) atoms. The van der Waals surface area contributed by atoms with E-state index in [2.05, 4.69) is 69.8 Å². The van der Waals surface area contributed by atoms with E-state index < -0.39 is 0 Å². The highest BCUT2D eigenvalue weighted by atomic mass is 79.9. The molecule has 0 unspecified atom stereocenters. The maximum Gasteiger partial charge on any atom is 0.0178 e. The molecule has 2 bridgehead atoms. The first-order valence-corrected chi connectivity index (χ1v) is 9.14. The molecule has 0 amide bonds. The zero-order chi connectivity index (χ0) is 14.9. The molecule has 2 aromatic rings. The van der Waals surface area contributed by atoms with Crippen molar-refractivity contribution in [3.05, 3.63) is 69.7 Å². The molecule has 0 aromatic heterocycles. The third kappa shape index (κ3) is 3.00. The van der Waals surface area contributed by atoms with Crippen LogP contribution in [0.2, 0.25) is 0 Å². The number of halogens is 1. The van der Waals surface area contributed by atoms with Crippen LogP contribution in [0.15, 0.2) is 53.0 Å². The van der Waals surface area contributed by atoms with Gasteiger partial charge in [-0.1, -0.05) is 52.3 Å². The highest BCUT2D eigenvalue weighted by molar-refractivity contribution is 9.10. The normalized spacial score (nSPS) is 27.0. The molecule has 3 aliphatic rings. The van der Waals surface area contributed by atoms with Gasteiger partial charge in [0, 0.05) is 16.6 Å². The van der Waals surface area contributed by atoms with Crippen LogP contribution in [0.1, 0.15) is 29.5 Å². The quantitative estimate of drug-likeness (QED) is 0.834. The monoisotopic (exact) mass is 355 g/mol. The molecule has 1 fully saturated rings. The van der Waals surface area contributed by atoms with Crippen molar-refractivity contribution in [2.24, 2.45) is 5.92 Å². The second-order valence-electron chi connectivity index (χ2n) is 6.82. The van der Waals surface area contributed by atoms with Crippen molar-refractivity contribution in [3.63, 3.8) is 0 Å². The van der Waals surface area contributed by atoms with Gasteiger partial charge in [0.15, 0.2) is 0 Å². The molecule has 0 radical (unpaired) electrons. The number of rotatable bonds is 2. The summed E-state index contributed by atoms with van der Waals surface area (Å²) in [5.74, 6) is 0.761. The van der Waals surface area contributed by atoms with Gasteiger partial charge in [0.1, 0.15) is 0 Å². The molecule has 1 nitrogen and oxygen atoms in total. The molecular formula is C20H22BrN. The topological polar surface area (TPSA) is 12.0 Å². The summed E-state index contributed by atoms with van der Waals surface area (Å²) in [6.07, 6.45) is 6.26. The van der Waals surface area contributed by atoms with Crippen molar-refractivity contribution in [1.82, 2.24) is 5.32 Å². The summed E-state index contributed by atoms with van der Waals surface area (Å²) in [6, 6.07) is 19.1. The van der Waals surface area contributed by atoms with Gasteiger partial charge in [0.2, 0.25) is 0 Å². The molecule has 3 atom stereocenters. The van der Waals surface area contributed by atoms with Crippen LogP contribution in [-0.4, -0.2) is 12.1 Å². The van der Waals surface area contributed by atoms with Gasteiger partial charge in [0.25, 0.3) is 0 Å². The Morgan fingerprint density at radius 3 is 2.59 bits per heavy atom. The van der Waals surface area contributed by atoms with E-state index in [4.69, 9.17) is 0 Å². The number of nitrogens with one attached hydrogen (secondary N) is 1. The molecule has 0 saturated carbocycles. The summed E-state index contributed by atoms with van der Waals surface area (Å²) in [7, 11) is 0. The fourth-order valence-corrected chi connectivity index (χ4v) is 4.64. The zero-order valence-electron chi connectivity index (χ0n) is 12.8. The summed E-state index contributed by atoms with van der Waals surface area (Å²) in [6.45, 7) is 0. The molecule has 5 rings (SSSR count). The maximum absolute atomic E-state index is 3.95. The van der Waals surface area contributed by atoms with E-state index >= 15 is 0 Å². The third-order valence-electron chi connectivity index (χ3n) is 5.32. The summed E-state index contributed by atoms with van der Waals surface area (Å²) < 4.78 is 1.19. The first-order valence-electron chi connectivity index (χ1n) is 8.35. The highest BCUT2D eigenvalue weighted by Crippen LogP contribution is 2.32. The van der Waals surface area contributed by atoms with E-state index in [9.17, 15) is 0 Å². The van der Waals surface area contributed by atoms with Crippen molar-refractivity contribution in [2.75, 3.05) is 0 Å². The van der Waals surface area contributed by atoms with Gasteiger partial charge in [-0.3, -0.25) is 0 Å². The van der Waals surface area contributed by atoms with Crippen LogP contribution in [0.3, 0.4) is 0 Å². The van der Waals surface area contributed by atoms with Gasteiger partial charge in [-0.2, -0.15) is 0 Å². The number of benzene rings is 2. The van der Waals surface area contributed by atoms with Crippen LogP contribution in [0.4, 0.5) is 0 Å². The van der Waals surface area contributed by atoms with Crippen molar-refractivity contribution >= 4 is 15.9 Å². The van der Waals surface area contributed by atoms with E-state index in [0.717, 1.165) is 12.3 Å². The Labute approximate surface area is 141 Å². The average Bonchev–Trinajstić information content (AvgIpc) is 2.48.